The molecule has 0 aliphatic carbocycles. The highest BCUT2D eigenvalue weighted by Crippen LogP contribution is 2.30. The second-order valence-corrected chi connectivity index (χ2v) is 9.99. The number of imidazole rings is 1. The number of rotatable bonds is 3. The monoisotopic (exact) mass is 452 g/mol. The van der Waals surface area contributed by atoms with Crippen molar-refractivity contribution in [3.05, 3.63) is 51.1 Å². The summed E-state index contributed by atoms with van der Waals surface area (Å²) in [5.74, 6) is 0. The number of nitrogens with one attached hydrogen (secondary N) is 1. The van der Waals surface area contributed by atoms with Crippen molar-refractivity contribution in [1.82, 2.24) is 14.1 Å². The van der Waals surface area contributed by atoms with E-state index < -0.39 is 10.0 Å². The van der Waals surface area contributed by atoms with Crippen LogP contribution in [0.4, 0.5) is 5.69 Å². The van der Waals surface area contributed by atoms with E-state index in [1.807, 2.05) is 20.8 Å². The lowest BCUT2D eigenvalue weighted by atomic mass is 9.88. The maximum atomic E-state index is 13.0. The fourth-order valence-corrected chi connectivity index (χ4v) is 4.91. The summed E-state index contributed by atoms with van der Waals surface area (Å²) in [7, 11) is -0.623. The van der Waals surface area contributed by atoms with Crippen LogP contribution in [0.3, 0.4) is 0 Å². The Labute approximate surface area is 166 Å². The number of aryl methyl sites for hydroxylation is 2. The van der Waals surface area contributed by atoms with E-state index >= 15 is 0 Å². The molecule has 9 heteroatoms. The van der Waals surface area contributed by atoms with Crippen LogP contribution in [0, 0.1) is 0 Å². The average Bonchev–Trinajstić information content (AvgIpc) is 2.77. The van der Waals surface area contributed by atoms with Crippen LogP contribution in [0.15, 0.2) is 44.8 Å². The predicted octanol–water partition coefficient (Wildman–Crippen LogP) is 3.13. The number of anilines is 1. The number of pyridine rings is 1. The number of nitrogens with zero attached hydrogens (tertiary/aromatic N) is 3. The highest BCUT2D eigenvalue weighted by Gasteiger charge is 2.22. The number of hydrogen-bond donors (Lipinski definition) is 1. The minimum absolute atomic E-state index is 0.0531. The maximum absolute atomic E-state index is 13.0. The van der Waals surface area contributed by atoms with E-state index in [4.69, 9.17) is 0 Å². The molecule has 27 heavy (non-hydrogen) atoms. The van der Waals surface area contributed by atoms with E-state index in [1.54, 1.807) is 32.4 Å². The van der Waals surface area contributed by atoms with Gasteiger partial charge >= 0.3 is 5.69 Å². The third kappa shape index (κ3) is 3.53. The largest absolute Gasteiger partial charge is 0.328 e. The van der Waals surface area contributed by atoms with Gasteiger partial charge in [-0.2, -0.15) is 0 Å². The molecule has 1 N–H and O–H groups in total. The van der Waals surface area contributed by atoms with Gasteiger partial charge in [0, 0.05) is 24.8 Å². The van der Waals surface area contributed by atoms with E-state index in [9.17, 15) is 13.2 Å². The highest BCUT2D eigenvalue weighted by molar-refractivity contribution is 9.10. The van der Waals surface area contributed by atoms with Crippen molar-refractivity contribution in [2.75, 3.05) is 4.72 Å². The Morgan fingerprint density at radius 1 is 1.04 bits per heavy atom. The van der Waals surface area contributed by atoms with Gasteiger partial charge in [-0.05, 0) is 45.1 Å². The van der Waals surface area contributed by atoms with Gasteiger partial charge in [-0.15, -0.1) is 0 Å². The van der Waals surface area contributed by atoms with Gasteiger partial charge in [0.2, 0.25) is 0 Å². The van der Waals surface area contributed by atoms with Crippen LogP contribution in [-0.2, 0) is 29.5 Å². The smallest absolute Gasteiger partial charge is 0.295 e. The zero-order valence-electron chi connectivity index (χ0n) is 15.7. The van der Waals surface area contributed by atoms with E-state index in [2.05, 4.69) is 25.6 Å². The Morgan fingerprint density at radius 2 is 1.63 bits per heavy atom. The number of sulfonamides is 1. The molecule has 0 atom stereocenters. The minimum Gasteiger partial charge on any atom is -0.295 e. The quantitative estimate of drug-likeness (QED) is 0.661. The Bertz CT molecular complexity index is 1200. The lowest BCUT2D eigenvalue weighted by Gasteiger charge is -2.19. The fourth-order valence-electron chi connectivity index (χ4n) is 2.82. The topological polar surface area (TPSA) is 86.0 Å². The Morgan fingerprint density at radius 3 is 2.22 bits per heavy atom. The van der Waals surface area contributed by atoms with Gasteiger partial charge < -0.3 is 0 Å². The lowest BCUT2D eigenvalue weighted by Crippen LogP contribution is -2.19. The second-order valence-electron chi connectivity index (χ2n) is 7.49. The van der Waals surface area contributed by atoms with Crippen molar-refractivity contribution < 1.29 is 8.42 Å². The molecule has 0 unspecified atom stereocenters. The van der Waals surface area contributed by atoms with Crippen LogP contribution in [0.25, 0.3) is 11.0 Å². The number of aromatic nitrogens is 3. The number of fused-ring (bicyclic) bond motifs is 1. The first kappa shape index (κ1) is 19.6. The molecule has 144 valence electrons. The standard InChI is InChI=1S/C18H21BrN4O3S/c1-18(2,3)11-6-12(10-20-9-11)21-27(25,26)16-8-15-14(7-13(16)19)22(4)17(24)23(15)5/h6-10,21H,1-5H3. The molecule has 0 radical (unpaired) electrons. The molecule has 0 saturated carbocycles. The van der Waals surface area contributed by atoms with Gasteiger partial charge in [-0.25, -0.2) is 13.2 Å². The number of halogens is 1. The first-order chi connectivity index (χ1) is 12.4. The van der Waals surface area contributed by atoms with Gasteiger partial charge in [0.1, 0.15) is 4.90 Å². The summed E-state index contributed by atoms with van der Waals surface area (Å²) in [6.45, 7) is 6.09. The molecule has 2 aromatic heterocycles. The van der Waals surface area contributed by atoms with E-state index in [0.29, 0.717) is 21.2 Å². The third-order valence-electron chi connectivity index (χ3n) is 4.47. The van der Waals surface area contributed by atoms with Gasteiger partial charge in [0.25, 0.3) is 10.0 Å². The summed E-state index contributed by atoms with van der Waals surface area (Å²) in [6, 6.07) is 4.90. The molecule has 0 spiro atoms. The van der Waals surface area contributed by atoms with Crippen molar-refractivity contribution in [3.63, 3.8) is 0 Å². The molecule has 7 nitrogen and oxygen atoms in total. The van der Waals surface area contributed by atoms with Crippen LogP contribution in [0.1, 0.15) is 26.3 Å². The summed E-state index contributed by atoms with van der Waals surface area (Å²) in [5.41, 5.74) is 2.11. The van der Waals surface area contributed by atoms with Crippen molar-refractivity contribution in [3.8, 4) is 0 Å². The first-order valence-corrected chi connectivity index (χ1v) is 10.5. The molecule has 0 aliphatic heterocycles. The normalized spacial score (nSPS) is 12.5. The summed E-state index contributed by atoms with van der Waals surface area (Å²) < 4.78 is 31.8. The molecule has 3 aromatic rings. The van der Waals surface area contributed by atoms with Crippen LogP contribution in [-0.4, -0.2) is 22.5 Å². The SMILES string of the molecule is Cn1c(=O)n(C)c2cc(S(=O)(=O)Nc3cncc(C(C)(C)C)c3)c(Br)cc21. The Hall–Kier alpha value is -2.13. The van der Waals surface area contributed by atoms with E-state index in [-0.39, 0.29) is 16.0 Å². The zero-order valence-corrected chi connectivity index (χ0v) is 18.1. The third-order valence-corrected chi connectivity index (χ3v) is 6.81. The fraction of sp³-hybridized carbons (Fsp3) is 0.333. The molecule has 0 amide bonds. The van der Waals surface area contributed by atoms with Crippen molar-refractivity contribution in [1.29, 1.82) is 0 Å². The first-order valence-electron chi connectivity index (χ1n) is 8.25. The lowest BCUT2D eigenvalue weighted by molar-refractivity contribution is 0.587. The van der Waals surface area contributed by atoms with E-state index in [0.717, 1.165) is 5.56 Å². The molecular weight excluding hydrogens is 432 g/mol. The van der Waals surface area contributed by atoms with Crippen LogP contribution >= 0.6 is 15.9 Å². The molecule has 2 heterocycles. The number of benzene rings is 1. The molecule has 0 fully saturated rings. The molecule has 0 aliphatic rings. The molecular formula is C18H21BrN4O3S. The molecule has 0 bridgehead atoms. The highest BCUT2D eigenvalue weighted by atomic mass is 79.9. The van der Waals surface area contributed by atoms with Crippen LogP contribution in [0.2, 0.25) is 0 Å². The van der Waals surface area contributed by atoms with Gasteiger partial charge in [-0.1, -0.05) is 20.8 Å². The molecule has 1 aromatic carbocycles. The summed E-state index contributed by atoms with van der Waals surface area (Å²) in [4.78, 5) is 16.3. The van der Waals surface area contributed by atoms with Crippen molar-refractivity contribution in [2.24, 2.45) is 14.1 Å². The Balaban J connectivity index is 2.09. The van der Waals surface area contributed by atoms with Crippen LogP contribution < -0.4 is 10.4 Å². The number of hydrogen-bond acceptors (Lipinski definition) is 4. The Kier molecular flexibility index (Phi) is 4.72. The summed E-state index contributed by atoms with van der Waals surface area (Å²) in [6.07, 6.45) is 3.19. The van der Waals surface area contributed by atoms with Gasteiger partial charge in [-0.3, -0.25) is 18.8 Å². The van der Waals surface area contributed by atoms with Crippen molar-refractivity contribution in [2.45, 2.75) is 31.1 Å². The van der Waals surface area contributed by atoms with Gasteiger partial charge in [0.05, 0.1) is 22.9 Å². The zero-order chi connectivity index (χ0) is 20.1. The molecule has 0 saturated heterocycles. The second kappa shape index (κ2) is 6.49. The molecule has 3 rings (SSSR count). The summed E-state index contributed by atoms with van der Waals surface area (Å²) in [5, 5.41) is 0. The van der Waals surface area contributed by atoms with Gasteiger partial charge in [0.15, 0.2) is 0 Å². The van der Waals surface area contributed by atoms with Crippen LogP contribution in [0.5, 0.6) is 0 Å². The average molecular weight is 453 g/mol. The predicted molar refractivity (Wildman–Crippen MR) is 110 cm³/mol. The maximum Gasteiger partial charge on any atom is 0.328 e. The van der Waals surface area contributed by atoms with E-state index in [1.165, 1.54) is 21.4 Å². The minimum atomic E-state index is -3.88. The summed E-state index contributed by atoms with van der Waals surface area (Å²) >= 11 is 3.32. The van der Waals surface area contributed by atoms with Crippen molar-refractivity contribution >= 4 is 42.7 Å².